The third-order valence-electron chi connectivity index (χ3n) is 3.83. The fourth-order valence-corrected chi connectivity index (χ4v) is 2.85. The Labute approximate surface area is 120 Å². The van der Waals surface area contributed by atoms with E-state index in [-0.39, 0.29) is 0 Å². The minimum atomic E-state index is 0.603. The van der Waals surface area contributed by atoms with Crippen molar-refractivity contribution in [3.63, 3.8) is 0 Å². The van der Waals surface area contributed by atoms with E-state index in [2.05, 4.69) is 46.3 Å². The minimum Gasteiger partial charge on any atom is -0.476 e. The molecule has 0 N–H and O–H groups in total. The third-order valence-corrected chi connectivity index (χ3v) is 3.83. The van der Waals surface area contributed by atoms with E-state index >= 15 is 0 Å². The number of anilines is 1. The lowest BCUT2D eigenvalue weighted by atomic mass is 9.99. The minimum absolute atomic E-state index is 0.603. The zero-order valence-electron chi connectivity index (χ0n) is 11.8. The molecule has 1 aliphatic heterocycles. The molecular formula is C17H20N2O. The van der Waals surface area contributed by atoms with E-state index in [1.165, 1.54) is 12.0 Å². The van der Waals surface area contributed by atoms with E-state index in [4.69, 9.17) is 4.74 Å². The first-order valence-corrected chi connectivity index (χ1v) is 7.26. The number of rotatable bonds is 4. The number of pyridine rings is 1. The predicted octanol–water partition coefficient (Wildman–Crippen LogP) is 3.47. The smallest absolute Gasteiger partial charge is 0.237 e. The first kappa shape index (κ1) is 13.0. The topological polar surface area (TPSA) is 25.4 Å². The van der Waals surface area contributed by atoms with Crippen LogP contribution in [0.25, 0.3) is 0 Å². The summed E-state index contributed by atoms with van der Waals surface area (Å²) < 4.78 is 5.64. The van der Waals surface area contributed by atoms with Crippen LogP contribution in [0.3, 0.4) is 0 Å². The van der Waals surface area contributed by atoms with Gasteiger partial charge < -0.3 is 9.64 Å². The molecule has 3 nitrogen and oxygen atoms in total. The SMILES string of the molecule is CCOc1ncccc1N1CCC(c2ccccc2)C1. The van der Waals surface area contributed by atoms with Crippen LogP contribution in [0.1, 0.15) is 24.8 Å². The lowest BCUT2D eigenvalue weighted by Crippen LogP contribution is -2.20. The second kappa shape index (κ2) is 5.95. The van der Waals surface area contributed by atoms with Crippen molar-refractivity contribution in [2.45, 2.75) is 19.3 Å². The maximum Gasteiger partial charge on any atom is 0.237 e. The molecule has 0 aliphatic carbocycles. The van der Waals surface area contributed by atoms with Crippen molar-refractivity contribution < 1.29 is 4.74 Å². The number of ether oxygens (including phenoxy) is 1. The highest BCUT2D eigenvalue weighted by molar-refractivity contribution is 5.56. The Hall–Kier alpha value is -2.03. The number of nitrogens with zero attached hydrogens (tertiary/aromatic N) is 2. The molecule has 2 aromatic rings. The van der Waals surface area contributed by atoms with Crippen LogP contribution in [-0.4, -0.2) is 24.7 Å². The number of hydrogen-bond acceptors (Lipinski definition) is 3. The first-order valence-electron chi connectivity index (χ1n) is 7.26. The summed E-state index contributed by atoms with van der Waals surface area (Å²) in [6.45, 7) is 4.75. The average molecular weight is 268 g/mol. The van der Waals surface area contributed by atoms with Gasteiger partial charge in [0.25, 0.3) is 0 Å². The molecule has 0 bridgehead atoms. The average Bonchev–Trinajstić information content (AvgIpc) is 2.99. The van der Waals surface area contributed by atoms with Crippen LogP contribution in [0.15, 0.2) is 48.7 Å². The van der Waals surface area contributed by atoms with Gasteiger partial charge in [-0.15, -0.1) is 0 Å². The largest absolute Gasteiger partial charge is 0.476 e. The zero-order valence-corrected chi connectivity index (χ0v) is 11.8. The number of aromatic nitrogens is 1. The molecule has 2 heterocycles. The summed E-state index contributed by atoms with van der Waals surface area (Å²) in [4.78, 5) is 6.73. The Morgan fingerprint density at radius 1 is 1.20 bits per heavy atom. The summed E-state index contributed by atoms with van der Waals surface area (Å²) in [7, 11) is 0. The van der Waals surface area contributed by atoms with Crippen LogP contribution < -0.4 is 9.64 Å². The van der Waals surface area contributed by atoms with Gasteiger partial charge in [0.15, 0.2) is 0 Å². The van der Waals surface area contributed by atoms with Gasteiger partial charge in [-0.2, -0.15) is 0 Å². The molecule has 3 heteroatoms. The molecule has 1 fully saturated rings. The van der Waals surface area contributed by atoms with E-state index < -0.39 is 0 Å². The van der Waals surface area contributed by atoms with Crippen molar-refractivity contribution in [2.24, 2.45) is 0 Å². The summed E-state index contributed by atoms with van der Waals surface area (Å²) in [5.41, 5.74) is 2.55. The second-order valence-corrected chi connectivity index (χ2v) is 5.10. The Morgan fingerprint density at radius 2 is 2.05 bits per heavy atom. The standard InChI is InChI=1S/C17H20N2O/c1-2-20-17-16(9-6-11-18-17)19-12-10-15(13-19)14-7-4-3-5-8-14/h3-9,11,15H,2,10,12-13H2,1H3. The van der Waals surface area contributed by atoms with Crippen molar-refractivity contribution in [3.05, 3.63) is 54.2 Å². The Morgan fingerprint density at radius 3 is 2.85 bits per heavy atom. The predicted molar refractivity (Wildman–Crippen MR) is 81.4 cm³/mol. The van der Waals surface area contributed by atoms with Gasteiger partial charge in [-0.3, -0.25) is 0 Å². The molecule has 1 saturated heterocycles. The van der Waals surface area contributed by atoms with Crippen molar-refractivity contribution >= 4 is 5.69 Å². The van der Waals surface area contributed by atoms with Crippen LogP contribution >= 0.6 is 0 Å². The number of benzene rings is 1. The molecule has 1 unspecified atom stereocenters. The van der Waals surface area contributed by atoms with Gasteiger partial charge in [-0.05, 0) is 31.0 Å². The lowest BCUT2D eigenvalue weighted by molar-refractivity contribution is 0.327. The molecule has 104 valence electrons. The van der Waals surface area contributed by atoms with Crippen LogP contribution in [0.5, 0.6) is 5.88 Å². The van der Waals surface area contributed by atoms with E-state index in [0.717, 1.165) is 24.7 Å². The quantitative estimate of drug-likeness (QED) is 0.849. The van der Waals surface area contributed by atoms with Crippen molar-refractivity contribution in [2.75, 3.05) is 24.6 Å². The van der Waals surface area contributed by atoms with Gasteiger partial charge in [-0.1, -0.05) is 30.3 Å². The fourth-order valence-electron chi connectivity index (χ4n) is 2.85. The fraction of sp³-hybridized carbons (Fsp3) is 0.353. The molecule has 1 aliphatic rings. The van der Waals surface area contributed by atoms with Crippen molar-refractivity contribution in [1.82, 2.24) is 4.98 Å². The van der Waals surface area contributed by atoms with Crippen LogP contribution in [0.4, 0.5) is 5.69 Å². The highest BCUT2D eigenvalue weighted by Crippen LogP contribution is 2.34. The molecule has 3 rings (SSSR count). The molecule has 20 heavy (non-hydrogen) atoms. The molecule has 0 saturated carbocycles. The normalized spacial score (nSPS) is 18.2. The molecular weight excluding hydrogens is 248 g/mol. The van der Waals surface area contributed by atoms with E-state index in [1.54, 1.807) is 6.20 Å². The summed E-state index contributed by atoms with van der Waals surface area (Å²) in [6, 6.07) is 14.8. The van der Waals surface area contributed by atoms with Gasteiger partial charge in [0.1, 0.15) is 0 Å². The molecule has 1 aromatic heterocycles. The van der Waals surface area contributed by atoms with E-state index in [0.29, 0.717) is 12.5 Å². The summed E-state index contributed by atoms with van der Waals surface area (Å²) >= 11 is 0. The monoisotopic (exact) mass is 268 g/mol. The van der Waals surface area contributed by atoms with E-state index in [9.17, 15) is 0 Å². The molecule has 1 atom stereocenters. The van der Waals surface area contributed by atoms with Crippen LogP contribution in [0, 0.1) is 0 Å². The van der Waals surface area contributed by atoms with Crippen molar-refractivity contribution in [3.8, 4) is 5.88 Å². The second-order valence-electron chi connectivity index (χ2n) is 5.10. The maximum atomic E-state index is 5.64. The summed E-state index contributed by atoms with van der Waals surface area (Å²) in [5, 5.41) is 0. The maximum absolute atomic E-state index is 5.64. The molecule has 1 aromatic carbocycles. The van der Waals surface area contributed by atoms with Gasteiger partial charge in [0.2, 0.25) is 5.88 Å². The summed E-state index contributed by atoms with van der Waals surface area (Å²) in [5.74, 6) is 1.36. The molecule has 0 amide bonds. The third kappa shape index (κ3) is 2.62. The highest BCUT2D eigenvalue weighted by Gasteiger charge is 2.25. The Balaban J connectivity index is 1.77. The van der Waals surface area contributed by atoms with E-state index in [1.807, 2.05) is 13.0 Å². The first-order chi connectivity index (χ1) is 9.88. The molecule has 0 spiro atoms. The van der Waals surface area contributed by atoms with Crippen LogP contribution in [0.2, 0.25) is 0 Å². The molecule has 0 radical (unpaired) electrons. The summed E-state index contributed by atoms with van der Waals surface area (Å²) in [6.07, 6.45) is 2.98. The Bertz CT molecular complexity index is 556. The Kier molecular flexibility index (Phi) is 3.86. The van der Waals surface area contributed by atoms with Gasteiger partial charge in [-0.25, -0.2) is 4.98 Å². The van der Waals surface area contributed by atoms with Gasteiger partial charge >= 0.3 is 0 Å². The van der Waals surface area contributed by atoms with Gasteiger partial charge in [0, 0.05) is 25.2 Å². The van der Waals surface area contributed by atoms with Crippen molar-refractivity contribution in [1.29, 1.82) is 0 Å². The van der Waals surface area contributed by atoms with Gasteiger partial charge in [0.05, 0.1) is 12.3 Å². The highest BCUT2D eigenvalue weighted by atomic mass is 16.5. The lowest BCUT2D eigenvalue weighted by Gasteiger charge is -2.21. The van der Waals surface area contributed by atoms with Crippen LogP contribution in [-0.2, 0) is 0 Å². The zero-order chi connectivity index (χ0) is 13.8. The number of hydrogen-bond donors (Lipinski definition) is 0.